The molecule has 17 heavy (non-hydrogen) atoms. The van der Waals surface area contributed by atoms with Crippen LogP contribution in [0.15, 0.2) is 42.6 Å². The molecule has 1 N–H and O–H groups in total. The highest BCUT2D eigenvalue weighted by molar-refractivity contribution is 5.93. The molecule has 0 aliphatic carbocycles. The Balaban J connectivity index is 2.53. The topological polar surface area (TPSA) is 74.0 Å². The van der Waals surface area contributed by atoms with E-state index >= 15 is 0 Å². The lowest BCUT2D eigenvalue weighted by molar-refractivity contribution is 0.0691. The molecule has 2 aromatic rings. The Kier molecular flexibility index (Phi) is 2.84. The Morgan fingerprint density at radius 3 is 2.53 bits per heavy atom. The van der Waals surface area contributed by atoms with Gasteiger partial charge in [0, 0.05) is 11.8 Å². The Morgan fingerprint density at radius 2 is 1.94 bits per heavy atom. The fourth-order valence-corrected chi connectivity index (χ4v) is 1.53. The van der Waals surface area contributed by atoms with Gasteiger partial charge in [-0.05, 0) is 23.8 Å². The maximum Gasteiger partial charge on any atom is 0.355 e. The highest BCUT2D eigenvalue weighted by Gasteiger charge is 2.12. The molecule has 82 valence electrons. The summed E-state index contributed by atoms with van der Waals surface area (Å²) in [5.41, 5.74) is 1.82. The number of carbonyl (C=O) groups is 1. The summed E-state index contributed by atoms with van der Waals surface area (Å²) in [6.45, 7) is 0. The molecule has 0 bridgehead atoms. The molecule has 2 rings (SSSR count). The lowest BCUT2D eigenvalue weighted by Gasteiger charge is -2.04. The minimum absolute atomic E-state index is 0.0113. The van der Waals surface area contributed by atoms with Crippen LogP contribution in [0.3, 0.4) is 0 Å². The number of aromatic carboxylic acids is 1. The van der Waals surface area contributed by atoms with Crippen LogP contribution in [-0.4, -0.2) is 16.1 Å². The van der Waals surface area contributed by atoms with Crippen molar-refractivity contribution in [3.63, 3.8) is 0 Å². The molecule has 0 spiro atoms. The SMILES string of the molecule is N#Cc1ccc(-c2cccnc2C(=O)O)cc1. The van der Waals surface area contributed by atoms with Crippen molar-refractivity contribution in [1.29, 1.82) is 5.26 Å². The zero-order valence-corrected chi connectivity index (χ0v) is 8.79. The quantitative estimate of drug-likeness (QED) is 0.849. The summed E-state index contributed by atoms with van der Waals surface area (Å²) in [6, 6.07) is 12.1. The molecular weight excluding hydrogens is 216 g/mol. The van der Waals surface area contributed by atoms with Crippen molar-refractivity contribution in [3.8, 4) is 17.2 Å². The van der Waals surface area contributed by atoms with E-state index < -0.39 is 5.97 Å². The van der Waals surface area contributed by atoms with Gasteiger partial charge in [0.05, 0.1) is 11.6 Å². The van der Waals surface area contributed by atoms with Gasteiger partial charge in [-0.25, -0.2) is 9.78 Å². The zero-order valence-electron chi connectivity index (χ0n) is 8.79. The second-order valence-corrected chi connectivity index (χ2v) is 3.39. The summed E-state index contributed by atoms with van der Waals surface area (Å²) in [5.74, 6) is -1.06. The number of pyridine rings is 1. The van der Waals surface area contributed by atoms with Crippen LogP contribution < -0.4 is 0 Å². The summed E-state index contributed by atoms with van der Waals surface area (Å²) >= 11 is 0. The Hall–Kier alpha value is -2.67. The number of aromatic nitrogens is 1. The summed E-state index contributed by atoms with van der Waals surface area (Å²) in [5, 5.41) is 17.7. The predicted molar refractivity (Wildman–Crippen MR) is 61.3 cm³/mol. The van der Waals surface area contributed by atoms with Crippen molar-refractivity contribution in [2.75, 3.05) is 0 Å². The molecule has 1 aromatic heterocycles. The molecule has 0 saturated carbocycles. The van der Waals surface area contributed by atoms with E-state index in [-0.39, 0.29) is 5.69 Å². The number of nitrogens with zero attached hydrogens (tertiary/aromatic N) is 2. The molecular formula is C13H8N2O2. The average Bonchev–Trinajstić information content (AvgIpc) is 2.39. The maximum atomic E-state index is 11.0. The van der Waals surface area contributed by atoms with Crippen LogP contribution in [0, 0.1) is 11.3 Å². The second kappa shape index (κ2) is 4.45. The number of benzene rings is 1. The number of hydrogen-bond acceptors (Lipinski definition) is 3. The lowest BCUT2D eigenvalue weighted by atomic mass is 10.0. The third kappa shape index (κ3) is 2.13. The normalized spacial score (nSPS) is 9.59. The Morgan fingerprint density at radius 1 is 1.24 bits per heavy atom. The van der Waals surface area contributed by atoms with Crippen LogP contribution in [-0.2, 0) is 0 Å². The van der Waals surface area contributed by atoms with Gasteiger partial charge in [-0.15, -0.1) is 0 Å². The molecule has 0 saturated heterocycles. The molecule has 1 heterocycles. The van der Waals surface area contributed by atoms with E-state index in [1.54, 1.807) is 36.4 Å². The second-order valence-electron chi connectivity index (χ2n) is 3.39. The summed E-state index contributed by atoms with van der Waals surface area (Å²) in [7, 11) is 0. The first-order valence-corrected chi connectivity index (χ1v) is 4.91. The first-order valence-electron chi connectivity index (χ1n) is 4.91. The lowest BCUT2D eigenvalue weighted by Crippen LogP contribution is -2.02. The summed E-state index contributed by atoms with van der Waals surface area (Å²) in [4.78, 5) is 14.8. The minimum atomic E-state index is -1.06. The number of carboxylic acid groups (broad SMARTS) is 1. The fraction of sp³-hybridized carbons (Fsp3) is 0. The molecule has 0 unspecified atom stereocenters. The third-order valence-electron chi connectivity index (χ3n) is 2.34. The van der Waals surface area contributed by atoms with E-state index in [9.17, 15) is 4.79 Å². The average molecular weight is 224 g/mol. The van der Waals surface area contributed by atoms with Crippen molar-refractivity contribution in [2.45, 2.75) is 0 Å². The van der Waals surface area contributed by atoms with Crippen LogP contribution in [0.2, 0.25) is 0 Å². The van der Waals surface area contributed by atoms with E-state index in [2.05, 4.69) is 4.98 Å². The van der Waals surface area contributed by atoms with Gasteiger partial charge in [-0.1, -0.05) is 18.2 Å². The van der Waals surface area contributed by atoms with Gasteiger partial charge < -0.3 is 5.11 Å². The Labute approximate surface area is 97.8 Å². The highest BCUT2D eigenvalue weighted by Crippen LogP contribution is 2.22. The Bertz CT molecular complexity index is 598. The van der Waals surface area contributed by atoms with Gasteiger partial charge in [0.15, 0.2) is 5.69 Å². The molecule has 1 aromatic carbocycles. The summed E-state index contributed by atoms with van der Waals surface area (Å²) in [6.07, 6.45) is 1.44. The van der Waals surface area contributed by atoms with E-state index in [4.69, 9.17) is 10.4 Å². The molecule has 0 fully saturated rings. The first-order chi connectivity index (χ1) is 8.22. The van der Waals surface area contributed by atoms with Crippen molar-refractivity contribution in [1.82, 2.24) is 4.98 Å². The van der Waals surface area contributed by atoms with Crippen molar-refractivity contribution in [2.24, 2.45) is 0 Å². The van der Waals surface area contributed by atoms with Gasteiger partial charge >= 0.3 is 5.97 Å². The highest BCUT2D eigenvalue weighted by atomic mass is 16.4. The van der Waals surface area contributed by atoms with Gasteiger partial charge in [0.25, 0.3) is 0 Å². The van der Waals surface area contributed by atoms with Gasteiger partial charge in [-0.2, -0.15) is 5.26 Å². The van der Waals surface area contributed by atoms with Crippen LogP contribution >= 0.6 is 0 Å². The van der Waals surface area contributed by atoms with Gasteiger partial charge in [0.2, 0.25) is 0 Å². The van der Waals surface area contributed by atoms with Crippen LogP contribution in [0.1, 0.15) is 16.1 Å². The third-order valence-corrected chi connectivity index (χ3v) is 2.34. The van der Waals surface area contributed by atoms with Crippen molar-refractivity contribution >= 4 is 5.97 Å². The van der Waals surface area contributed by atoms with E-state index in [1.807, 2.05) is 6.07 Å². The number of nitriles is 1. The van der Waals surface area contributed by atoms with Crippen LogP contribution in [0.4, 0.5) is 0 Å². The largest absolute Gasteiger partial charge is 0.476 e. The molecule has 0 radical (unpaired) electrons. The van der Waals surface area contributed by atoms with E-state index in [0.717, 1.165) is 5.56 Å². The molecule has 0 aliphatic rings. The monoisotopic (exact) mass is 224 g/mol. The predicted octanol–water partition coefficient (Wildman–Crippen LogP) is 2.32. The molecule has 4 nitrogen and oxygen atoms in total. The van der Waals surface area contributed by atoms with E-state index in [1.165, 1.54) is 6.20 Å². The minimum Gasteiger partial charge on any atom is -0.476 e. The molecule has 0 atom stereocenters. The number of rotatable bonds is 2. The van der Waals surface area contributed by atoms with Crippen molar-refractivity contribution in [3.05, 3.63) is 53.9 Å². The molecule has 0 amide bonds. The van der Waals surface area contributed by atoms with Crippen LogP contribution in [0.5, 0.6) is 0 Å². The van der Waals surface area contributed by atoms with Gasteiger partial charge in [-0.3, -0.25) is 0 Å². The molecule has 0 aliphatic heterocycles. The number of hydrogen-bond donors (Lipinski definition) is 1. The molecule has 4 heteroatoms. The fourth-order valence-electron chi connectivity index (χ4n) is 1.53. The smallest absolute Gasteiger partial charge is 0.355 e. The maximum absolute atomic E-state index is 11.0. The summed E-state index contributed by atoms with van der Waals surface area (Å²) < 4.78 is 0. The standard InChI is InChI=1S/C13H8N2O2/c14-8-9-3-5-10(6-4-9)11-2-1-7-15-12(11)13(16)17/h1-7H,(H,16,17). The van der Waals surface area contributed by atoms with Gasteiger partial charge in [0.1, 0.15) is 0 Å². The van der Waals surface area contributed by atoms with E-state index in [0.29, 0.717) is 11.1 Å². The zero-order chi connectivity index (χ0) is 12.3. The first kappa shape index (κ1) is 10.8. The number of carboxylic acids is 1. The van der Waals surface area contributed by atoms with Crippen molar-refractivity contribution < 1.29 is 9.90 Å². The van der Waals surface area contributed by atoms with Crippen LogP contribution in [0.25, 0.3) is 11.1 Å².